The fraction of sp³-hybridized carbons (Fsp3) is 1.00. The molecule has 1 fully saturated rings. The van der Waals surface area contributed by atoms with Crippen LogP contribution < -0.4 is 0 Å². The molecule has 17 heavy (non-hydrogen) atoms. The molecule has 6 heteroatoms. The van der Waals surface area contributed by atoms with Gasteiger partial charge in [0, 0.05) is 0 Å². The Morgan fingerprint density at radius 1 is 0.706 bits per heavy atom. The van der Waals surface area contributed by atoms with E-state index in [1.54, 1.807) is 0 Å². The Balaban J connectivity index is 2.16. The molecule has 0 amide bonds. The van der Waals surface area contributed by atoms with Crippen molar-refractivity contribution in [3.05, 3.63) is 0 Å². The van der Waals surface area contributed by atoms with E-state index in [1.165, 1.54) is 0 Å². The van der Waals surface area contributed by atoms with Gasteiger partial charge in [-0.1, -0.05) is 0 Å². The van der Waals surface area contributed by atoms with Crippen LogP contribution in [0.25, 0.3) is 0 Å². The summed E-state index contributed by atoms with van der Waals surface area (Å²) in [6, 6.07) is 0. The molecule has 0 spiro atoms. The molecule has 0 saturated carbocycles. The summed E-state index contributed by atoms with van der Waals surface area (Å²) in [4.78, 5) is 0. The van der Waals surface area contributed by atoms with Crippen molar-refractivity contribution in [3.8, 4) is 0 Å². The summed E-state index contributed by atoms with van der Waals surface area (Å²) in [7, 11) is 0. The van der Waals surface area contributed by atoms with Crippen molar-refractivity contribution in [1.82, 2.24) is 0 Å². The van der Waals surface area contributed by atoms with Crippen LogP contribution in [0.2, 0.25) is 0 Å². The standard InChI is InChI=1S/C11H21ClO5/c12-9-11-10-16-6-5-14-2-1-13-3-4-15-7-8-17-11/h11H,1-10H2. The average Bonchev–Trinajstić information content (AvgIpc) is 2.36. The second-order valence-corrected chi connectivity index (χ2v) is 3.87. The molecule has 0 bridgehead atoms. The van der Waals surface area contributed by atoms with Crippen molar-refractivity contribution in [1.29, 1.82) is 0 Å². The van der Waals surface area contributed by atoms with E-state index in [2.05, 4.69) is 0 Å². The third kappa shape index (κ3) is 8.77. The number of alkyl halides is 1. The van der Waals surface area contributed by atoms with Gasteiger partial charge in [-0.25, -0.2) is 0 Å². The van der Waals surface area contributed by atoms with Crippen LogP contribution in [0, 0.1) is 0 Å². The van der Waals surface area contributed by atoms with Crippen LogP contribution >= 0.6 is 11.6 Å². The van der Waals surface area contributed by atoms with E-state index in [-0.39, 0.29) is 6.10 Å². The average molecular weight is 269 g/mol. The molecule has 0 aromatic heterocycles. The Labute approximate surface area is 107 Å². The fourth-order valence-corrected chi connectivity index (χ4v) is 1.46. The molecule has 1 aliphatic heterocycles. The Morgan fingerprint density at radius 3 is 1.71 bits per heavy atom. The van der Waals surface area contributed by atoms with Crippen LogP contribution in [0.4, 0.5) is 0 Å². The van der Waals surface area contributed by atoms with Crippen molar-refractivity contribution >= 4 is 11.6 Å². The minimum absolute atomic E-state index is 0.0818. The summed E-state index contributed by atoms with van der Waals surface area (Å²) in [6.07, 6.45) is -0.0818. The number of halogens is 1. The van der Waals surface area contributed by atoms with Crippen LogP contribution in [0.5, 0.6) is 0 Å². The molecule has 1 saturated heterocycles. The maximum atomic E-state index is 5.76. The van der Waals surface area contributed by atoms with Crippen LogP contribution in [0.1, 0.15) is 0 Å². The molecular formula is C11H21ClO5. The van der Waals surface area contributed by atoms with Crippen molar-refractivity contribution in [2.45, 2.75) is 6.10 Å². The lowest BCUT2D eigenvalue weighted by molar-refractivity contribution is -0.0364. The maximum absolute atomic E-state index is 5.76. The Hall–Kier alpha value is 0.0900. The molecule has 1 heterocycles. The van der Waals surface area contributed by atoms with E-state index >= 15 is 0 Å². The zero-order chi connectivity index (χ0) is 12.2. The minimum atomic E-state index is -0.0818. The van der Waals surface area contributed by atoms with E-state index in [1.807, 2.05) is 0 Å². The van der Waals surface area contributed by atoms with Crippen LogP contribution in [-0.4, -0.2) is 71.4 Å². The first-order valence-electron chi connectivity index (χ1n) is 5.92. The first kappa shape index (κ1) is 15.1. The second-order valence-electron chi connectivity index (χ2n) is 3.56. The van der Waals surface area contributed by atoms with Crippen molar-refractivity contribution < 1.29 is 23.7 Å². The first-order valence-corrected chi connectivity index (χ1v) is 6.45. The van der Waals surface area contributed by atoms with E-state index in [9.17, 15) is 0 Å². The summed E-state index contributed by atoms with van der Waals surface area (Å²) >= 11 is 5.76. The monoisotopic (exact) mass is 268 g/mol. The zero-order valence-electron chi connectivity index (χ0n) is 10.1. The molecule has 1 rings (SSSR count). The molecule has 102 valence electrons. The highest BCUT2D eigenvalue weighted by molar-refractivity contribution is 6.18. The molecule has 0 aliphatic carbocycles. The van der Waals surface area contributed by atoms with Gasteiger partial charge in [0.05, 0.1) is 71.4 Å². The topological polar surface area (TPSA) is 46.2 Å². The minimum Gasteiger partial charge on any atom is -0.377 e. The summed E-state index contributed by atoms with van der Waals surface area (Å²) in [5.74, 6) is 0.421. The summed E-state index contributed by atoms with van der Waals surface area (Å²) in [6.45, 7) is 5.00. The Kier molecular flexibility index (Phi) is 9.98. The molecule has 0 aromatic carbocycles. The Morgan fingerprint density at radius 2 is 1.18 bits per heavy atom. The van der Waals surface area contributed by atoms with Gasteiger partial charge in [-0.05, 0) is 0 Å². The van der Waals surface area contributed by atoms with Crippen LogP contribution in [0.3, 0.4) is 0 Å². The lowest BCUT2D eigenvalue weighted by atomic mass is 10.4. The molecule has 0 aromatic rings. The molecule has 1 atom stereocenters. The van der Waals surface area contributed by atoms with Gasteiger partial charge in [0.15, 0.2) is 0 Å². The quantitative estimate of drug-likeness (QED) is 0.655. The smallest absolute Gasteiger partial charge is 0.0944 e. The summed E-state index contributed by atoms with van der Waals surface area (Å²) < 4.78 is 26.8. The Bertz CT molecular complexity index is 154. The lowest BCUT2D eigenvalue weighted by Crippen LogP contribution is -2.24. The molecular weight excluding hydrogens is 248 g/mol. The number of rotatable bonds is 1. The predicted molar refractivity (Wildman–Crippen MR) is 63.7 cm³/mol. The van der Waals surface area contributed by atoms with Gasteiger partial charge in [0.25, 0.3) is 0 Å². The highest BCUT2D eigenvalue weighted by atomic mass is 35.5. The summed E-state index contributed by atoms with van der Waals surface area (Å²) in [5, 5.41) is 0. The van der Waals surface area contributed by atoms with Crippen molar-refractivity contribution in [2.24, 2.45) is 0 Å². The molecule has 5 nitrogen and oxygen atoms in total. The molecule has 0 radical (unpaired) electrons. The van der Waals surface area contributed by atoms with Crippen LogP contribution in [-0.2, 0) is 23.7 Å². The third-order valence-electron chi connectivity index (χ3n) is 2.17. The van der Waals surface area contributed by atoms with Crippen LogP contribution in [0.15, 0.2) is 0 Å². The fourth-order valence-electron chi connectivity index (χ4n) is 1.29. The van der Waals surface area contributed by atoms with Gasteiger partial charge in [-0.3, -0.25) is 0 Å². The van der Waals surface area contributed by atoms with Gasteiger partial charge in [0.1, 0.15) is 0 Å². The van der Waals surface area contributed by atoms with E-state index in [4.69, 9.17) is 35.3 Å². The zero-order valence-corrected chi connectivity index (χ0v) is 10.8. The van der Waals surface area contributed by atoms with Gasteiger partial charge in [-0.2, -0.15) is 0 Å². The highest BCUT2D eigenvalue weighted by Gasteiger charge is 2.07. The molecule has 1 unspecified atom stereocenters. The third-order valence-corrected chi connectivity index (χ3v) is 2.52. The van der Waals surface area contributed by atoms with E-state index < -0.39 is 0 Å². The molecule has 1 aliphatic rings. The largest absolute Gasteiger partial charge is 0.377 e. The van der Waals surface area contributed by atoms with E-state index in [0.717, 1.165) is 0 Å². The van der Waals surface area contributed by atoms with Crippen molar-refractivity contribution in [2.75, 3.05) is 65.3 Å². The normalized spacial score (nSPS) is 27.0. The molecule has 0 N–H and O–H groups in total. The first-order chi connectivity index (χ1) is 8.43. The van der Waals surface area contributed by atoms with E-state index in [0.29, 0.717) is 65.3 Å². The van der Waals surface area contributed by atoms with Gasteiger partial charge >= 0.3 is 0 Å². The lowest BCUT2D eigenvalue weighted by Gasteiger charge is -2.15. The number of hydrogen-bond donors (Lipinski definition) is 0. The second kappa shape index (κ2) is 11.2. The van der Waals surface area contributed by atoms with Gasteiger partial charge in [-0.15, -0.1) is 11.6 Å². The SMILES string of the molecule is ClCC1COCCOCCOCCOCCO1. The number of ether oxygens (including phenoxy) is 5. The summed E-state index contributed by atoms with van der Waals surface area (Å²) in [5.41, 5.74) is 0. The van der Waals surface area contributed by atoms with Crippen molar-refractivity contribution in [3.63, 3.8) is 0 Å². The van der Waals surface area contributed by atoms with Gasteiger partial charge in [0.2, 0.25) is 0 Å². The highest BCUT2D eigenvalue weighted by Crippen LogP contribution is 1.97. The number of hydrogen-bond acceptors (Lipinski definition) is 5. The maximum Gasteiger partial charge on any atom is 0.0944 e. The van der Waals surface area contributed by atoms with Gasteiger partial charge < -0.3 is 23.7 Å². The predicted octanol–water partition coefficient (Wildman–Crippen LogP) is 0.690.